The van der Waals surface area contributed by atoms with Crippen LogP contribution in [-0.2, 0) is 24.7 Å². The molecule has 2 saturated heterocycles. The number of para-hydroxylation sites is 1. The summed E-state index contributed by atoms with van der Waals surface area (Å²) in [6.07, 6.45) is 2.05. The minimum Gasteiger partial charge on any atom is -0.370 e. The van der Waals surface area contributed by atoms with Crippen LogP contribution in [0.15, 0.2) is 24.3 Å². The van der Waals surface area contributed by atoms with Gasteiger partial charge in [-0.2, -0.15) is 0 Å². The van der Waals surface area contributed by atoms with Gasteiger partial charge in [0.25, 0.3) is 5.91 Å². The first-order valence-corrected chi connectivity index (χ1v) is 9.82. The molecule has 8 nitrogen and oxygen atoms in total. The Hall–Kier alpha value is -2.74. The Bertz CT molecular complexity index is 870. The smallest absolute Gasteiger partial charge is 0.291 e. The maximum Gasteiger partial charge on any atom is 0.291 e. The van der Waals surface area contributed by atoms with E-state index in [0.29, 0.717) is 18.7 Å². The van der Waals surface area contributed by atoms with Gasteiger partial charge in [0.1, 0.15) is 17.9 Å². The van der Waals surface area contributed by atoms with E-state index in [1.807, 2.05) is 30.4 Å². The Morgan fingerprint density at radius 3 is 2.71 bits per heavy atom. The molecule has 0 aromatic heterocycles. The molecule has 1 spiro atoms. The van der Waals surface area contributed by atoms with Crippen LogP contribution in [0.4, 0.5) is 5.69 Å². The molecule has 0 aliphatic carbocycles. The third kappa shape index (κ3) is 2.47. The molecule has 5 N–H and O–H groups in total. The number of nitrogens with one attached hydrogen (secondary N) is 1. The summed E-state index contributed by atoms with van der Waals surface area (Å²) in [5.74, 6) is -2.64. The number of fused-ring (bicyclic) bond motifs is 4. The summed E-state index contributed by atoms with van der Waals surface area (Å²) in [6, 6.07) is 6.94. The van der Waals surface area contributed by atoms with Crippen molar-refractivity contribution in [1.82, 2.24) is 4.90 Å². The van der Waals surface area contributed by atoms with Crippen LogP contribution in [0, 0.1) is 11.8 Å². The first-order chi connectivity index (χ1) is 13.4. The lowest BCUT2D eigenvalue weighted by atomic mass is 9.76. The third-order valence-corrected chi connectivity index (χ3v) is 6.33. The van der Waals surface area contributed by atoms with E-state index < -0.39 is 23.3 Å². The Morgan fingerprint density at radius 2 is 2.00 bits per heavy atom. The molecule has 1 aromatic rings. The zero-order valence-electron chi connectivity index (χ0n) is 15.8. The highest BCUT2D eigenvalue weighted by Crippen LogP contribution is 2.49. The minimum atomic E-state index is -1.17. The molecule has 3 aliphatic heterocycles. The molecule has 28 heavy (non-hydrogen) atoms. The van der Waals surface area contributed by atoms with Gasteiger partial charge < -0.3 is 16.4 Å². The van der Waals surface area contributed by atoms with Crippen molar-refractivity contribution in [2.24, 2.45) is 17.6 Å². The third-order valence-electron chi connectivity index (χ3n) is 6.33. The number of carbonyl (C=O) groups is 4. The molecule has 3 heterocycles. The number of carbonyl (C=O) groups excluding carboxylic acids is 4. The van der Waals surface area contributed by atoms with Crippen molar-refractivity contribution in [3.63, 3.8) is 0 Å². The van der Waals surface area contributed by atoms with Gasteiger partial charge in [0, 0.05) is 24.9 Å². The average Bonchev–Trinajstić information content (AvgIpc) is 3.24. The van der Waals surface area contributed by atoms with E-state index in [4.69, 9.17) is 5.73 Å². The molecule has 1 aromatic carbocycles. The molecule has 0 saturated carbocycles. The minimum absolute atomic E-state index is 0.111. The highest BCUT2D eigenvalue weighted by Gasteiger charge is 2.73. The predicted molar refractivity (Wildman–Crippen MR) is 99.5 cm³/mol. The maximum atomic E-state index is 13.3. The number of amides is 4. The van der Waals surface area contributed by atoms with Crippen molar-refractivity contribution >= 4 is 29.3 Å². The molecule has 148 valence electrons. The molecule has 3 aliphatic rings. The number of hydrogen-bond donors (Lipinski definition) is 3. The Kier molecular flexibility index (Phi) is 4.45. The summed E-state index contributed by atoms with van der Waals surface area (Å²) in [5, 5.41) is 4.71. The lowest BCUT2D eigenvalue weighted by Gasteiger charge is -2.26. The summed E-state index contributed by atoms with van der Waals surface area (Å²) >= 11 is 0. The molecule has 0 bridgehead atoms. The van der Waals surface area contributed by atoms with E-state index in [9.17, 15) is 19.2 Å². The molecular formula is C20H25N4O4+. The van der Waals surface area contributed by atoms with Crippen LogP contribution in [0.3, 0.4) is 0 Å². The molecule has 2 fully saturated rings. The van der Waals surface area contributed by atoms with E-state index in [1.165, 1.54) is 4.90 Å². The summed E-state index contributed by atoms with van der Waals surface area (Å²) < 4.78 is 0. The van der Waals surface area contributed by atoms with E-state index in [0.717, 1.165) is 18.4 Å². The second kappa shape index (κ2) is 6.70. The van der Waals surface area contributed by atoms with Gasteiger partial charge in [-0.05, 0) is 12.5 Å². The fourth-order valence-electron chi connectivity index (χ4n) is 5.09. The molecule has 4 rings (SSSR count). The first-order valence-electron chi connectivity index (χ1n) is 9.82. The highest BCUT2D eigenvalue weighted by atomic mass is 16.2. The van der Waals surface area contributed by atoms with Gasteiger partial charge in [0.2, 0.25) is 23.3 Å². The number of benzene rings is 1. The predicted octanol–water partition coefficient (Wildman–Crippen LogP) is -0.554. The normalized spacial score (nSPS) is 30.7. The molecule has 0 radical (unpaired) electrons. The van der Waals surface area contributed by atoms with E-state index >= 15 is 0 Å². The van der Waals surface area contributed by atoms with Crippen LogP contribution in [-0.4, -0.2) is 41.1 Å². The van der Waals surface area contributed by atoms with Crippen LogP contribution >= 0.6 is 0 Å². The molecule has 0 unspecified atom stereocenters. The lowest BCUT2D eigenvalue weighted by Crippen LogP contribution is -2.99. The number of primary amides is 1. The number of anilines is 1. The number of hydrogen-bond acceptors (Lipinski definition) is 4. The Labute approximate surface area is 162 Å². The second-order valence-electron chi connectivity index (χ2n) is 7.89. The summed E-state index contributed by atoms with van der Waals surface area (Å²) in [6.45, 7) is 2.36. The molecular weight excluding hydrogens is 360 g/mol. The average molecular weight is 385 g/mol. The van der Waals surface area contributed by atoms with Gasteiger partial charge in [-0.3, -0.25) is 24.1 Å². The van der Waals surface area contributed by atoms with Gasteiger partial charge in [-0.25, -0.2) is 0 Å². The topological polar surface area (TPSA) is 126 Å². The summed E-state index contributed by atoms with van der Waals surface area (Å²) in [4.78, 5) is 52.3. The number of imide groups is 1. The van der Waals surface area contributed by atoms with Crippen LogP contribution in [0.5, 0.6) is 0 Å². The Morgan fingerprint density at radius 1 is 1.25 bits per heavy atom. The zero-order valence-corrected chi connectivity index (χ0v) is 15.8. The highest BCUT2D eigenvalue weighted by molar-refractivity contribution is 6.13. The number of rotatable bonds is 6. The number of nitrogens with two attached hydrogens (primary N) is 2. The quantitative estimate of drug-likeness (QED) is 0.568. The van der Waals surface area contributed by atoms with Gasteiger partial charge in [-0.15, -0.1) is 0 Å². The number of likely N-dealkylation sites (tertiary alicyclic amines) is 1. The fraction of sp³-hybridized carbons (Fsp3) is 0.500. The lowest BCUT2D eigenvalue weighted by molar-refractivity contribution is -0.734. The van der Waals surface area contributed by atoms with Gasteiger partial charge >= 0.3 is 0 Å². The maximum absolute atomic E-state index is 13.3. The monoisotopic (exact) mass is 385 g/mol. The van der Waals surface area contributed by atoms with Crippen LogP contribution in [0.25, 0.3) is 0 Å². The van der Waals surface area contributed by atoms with Crippen molar-refractivity contribution in [2.75, 3.05) is 11.9 Å². The van der Waals surface area contributed by atoms with Gasteiger partial charge in [0.05, 0.1) is 5.69 Å². The van der Waals surface area contributed by atoms with Crippen molar-refractivity contribution in [2.45, 2.75) is 44.2 Å². The van der Waals surface area contributed by atoms with Gasteiger partial charge in [0.15, 0.2) is 0 Å². The van der Waals surface area contributed by atoms with Crippen molar-refractivity contribution in [3.8, 4) is 0 Å². The largest absolute Gasteiger partial charge is 0.370 e. The first kappa shape index (κ1) is 18.6. The van der Waals surface area contributed by atoms with Crippen LogP contribution in [0.1, 0.15) is 38.2 Å². The van der Waals surface area contributed by atoms with Crippen molar-refractivity contribution in [1.29, 1.82) is 0 Å². The summed E-state index contributed by atoms with van der Waals surface area (Å²) in [7, 11) is 0. The number of nitrogens with zero attached hydrogens (tertiary/aromatic N) is 1. The van der Waals surface area contributed by atoms with Crippen molar-refractivity contribution in [3.05, 3.63) is 29.8 Å². The number of unbranched alkanes of at least 4 members (excludes halogenated alkanes) is 1. The standard InChI is InChI=1S/C20H24N4O4/c1-2-3-10-24-17(26)15-13(8-9-14(21)25)23-20(16(15)18(24)27)11-6-4-5-7-12(11)22-19(20)28/h4-7,13,15-16,23H,2-3,8-10H2,1H3,(H2,21,25)(H,22,28)/p+1/t13-,15-,16+,20-/m1/s1. The molecule has 8 heteroatoms. The fourth-order valence-corrected chi connectivity index (χ4v) is 5.09. The SMILES string of the molecule is CCCCN1C(=O)[C@H]2[C@@H](C1=O)[C@@]1([NH2+][C@@H]2CCC(N)=O)C(=O)Nc2ccccc21. The van der Waals surface area contributed by atoms with Crippen LogP contribution in [0.2, 0.25) is 0 Å². The van der Waals surface area contributed by atoms with Crippen LogP contribution < -0.4 is 16.4 Å². The summed E-state index contributed by atoms with van der Waals surface area (Å²) in [5.41, 5.74) is 5.55. The van der Waals surface area contributed by atoms with E-state index in [-0.39, 0.29) is 30.2 Å². The van der Waals surface area contributed by atoms with Gasteiger partial charge in [-0.1, -0.05) is 31.5 Å². The molecule has 4 atom stereocenters. The second-order valence-corrected chi connectivity index (χ2v) is 7.89. The van der Waals surface area contributed by atoms with E-state index in [1.54, 1.807) is 6.07 Å². The van der Waals surface area contributed by atoms with Crippen molar-refractivity contribution < 1.29 is 24.5 Å². The molecule has 4 amide bonds. The zero-order chi connectivity index (χ0) is 20.1. The van der Waals surface area contributed by atoms with E-state index in [2.05, 4.69) is 5.32 Å². The Balaban J connectivity index is 1.79. The number of quaternary nitrogens is 1.